The van der Waals surface area contributed by atoms with E-state index in [1.165, 1.54) is 4.68 Å². The average Bonchev–Trinajstić information content (AvgIpc) is 3.08. The lowest BCUT2D eigenvalue weighted by atomic mass is 9.85. The number of likely N-dealkylation sites (tertiary alicyclic amines) is 1. The second-order valence-corrected chi connectivity index (χ2v) is 8.04. The Morgan fingerprint density at radius 2 is 1.80 bits per heavy atom. The Labute approximate surface area is 177 Å². The minimum absolute atomic E-state index is 0.118. The summed E-state index contributed by atoms with van der Waals surface area (Å²) in [6, 6.07) is 9.04. The van der Waals surface area contributed by atoms with Gasteiger partial charge in [0.15, 0.2) is 0 Å². The fraction of sp³-hybridized carbons (Fsp3) is 0.333. The highest BCUT2D eigenvalue weighted by atomic mass is 35.5. The van der Waals surface area contributed by atoms with Crippen LogP contribution in [0.15, 0.2) is 46.2 Å². The van der Waals surface area contributed by atoms with Gasteiger partial charge in [-0.05, 0) is 31.9 Å². The first-order chi connectivity index (χ1) is 14.3. The van der Waals surface area contributed by atoms with E-state index in [0.717, 1.165) is 4.90 Å². The Hall–Kier alpha value is -3.13. The minimum atomic E-state index is -0.597. The molecule has 4 rings (SSSR count). The molecule has 0 saturated carbocycles. The van der Waals surface area contributed by atoms with Gasteiger partial charge in [-0.1, -0.05) is 35.9 Å². The van der Waals surface area contributed by atoms with E-state index in [4.69, 9.17) is 11.6 Å². The summed E-state index contributed by atoms with van der Waals surface area (Å²) in [6.45, 7) is 1.28. The van der Waals surface area contributed by atoms with Crippen LogP contribution in [0.1, 0.15) is 18.5 Å². The second-order valence-electron chi connectivity index (χ2n) is 7.55. The van der Waals surface area contributed by atoms with Crippen molar-refractivity contribution in [1.82, 2.24) is 14.3 Å². The number of carbonyl (C=O) groups is 3. The second kappa shape index (κ2) is 7.60. The molecule has 0 spiro atoms. The van der Waals surface area contributed by atoms with Crippen molar-refractivity contribution in [2.24, 2.45) is 18.9 Å². The van der Waals surface area contributed by atoms with Crippen LogP contribution in [-0.2, 0) is 21.4 Å². The van der Waals surface area contributed by atoms with Crippen molar-refractivity contribution in [2.75, 3.05) is 11.9 Å². The van der Waals surface area contributed by atoms with Crippen molar-refractivity contribution < 1.29 is 14.4 Å². The van der Waals surface area contributed by atoms with Crippen LogP contribution in [-0.4, -0.2) is 38.5 Å². The molecule has 30 heavy (non-hydrogen) atoms. The Kier molecular flexibility index (Phi) is 5.11. The number of aromatic nitrogens is 2. The summed E-state index contributed by atoms with van der Waals surface area (Å²) < 4.78 is 3.08. The predicted molar refractivity (Wildman–Crippen MR) is 111 cm³/mol. The number of benzene rings is 1. The molecule has 1 aliphatic carbocycles. The van der Waals surface area contributed by atoms with E-state index in [2.05, 4.69) is 5.32 Å². The van der Waals surface area contributed by atoms with Gasteiger partial charge in [-0.2, -0.15) is 0 Å². The van der Waals surface area contributed by atoms with Gasteiger partial charge in [-0.15, -0.1) is 0 Å². The van der Waals surface area contributed by atoms with Crippen LogP contribution in [0.4, 0.5) is 5.69 Å². The molecule has 2 atom stereocenters. The molecule has 1 N–H and O–H groups in total. The lowest BCUT2D eigenvalue weighted by molar-refractivity contribution is -0.142. The van der Waals surface area contributed by atoms with E-state index in [1.54, 1.807) is 36.9 Å². The fourth-order valence-corrected chi connectivity index (χ4v) is 4.34. The molecule has 1 aromatic carbocycles. The van der Waals surface area contributed by atoms with Crippen molar-refractivity contribution in [2.45, 2.75) is 19.8 Å². The number of nitrogens with one attached hydrogen (secondary N) is 1. The first-order valence-corrected chi connectivity index (χ1v) is 10.0. The van der Waals surface area contributed by atoms with E-state index in [0.29, 0.717) is 29.3 Å². The largest absolute Gasteiger partial charge is 0.318 e. The van der Waals surface area contributed by atoms with Gasteiger partial charge in [0.2, 0.25) is 17.7 Å². The predicted octanol–water partition coefficient (Wildman–Crippen LogP) is 1.94. The molecule has 1 aromatic heterocycles. The highest BCUT2D eigenvalue weighted by Crippen LogP contribution is 2.38. The van der Waals surface area contributed by atoms with E-state index in [1.807, 2.05) is 18.2 Å². The molecule has 156 valence electrons. The normalized spacial score (nSPS) is 20.9. The first-order valence-electron chi connectivity index (χ1n) is 9.63. The van der Waals surface area contributed by atoms with Gasteiger partial charge in [0.25, 0.3) is 5.56 Å². The maximum absolute atomic E-state index is 12.9. The number of carbonyl (C=O) groups excluding carboxylic acids is 3. The SMILES string of the molecule is Cc1c(NC(=O)CN2C(=O)C3CC=C(Cl)CC3C2=O)c(=O)n(-c2ccccc2)n1C. The molecule has 8 nitrogen and oxygen atoms in total. The molecule has 2 heterocycles. The molecule has 1 fully saturated rings. The number of fused-ring (bicyclic) bond motifs is 1. The minimum Gasteiger partial charge on any atom is -0.318 e. The van der Waals surface area contributed by atoms with Crippen molar-refractivity contribution in [3.8, 4) is 5.69 Å². The van der Waals surface area contributed by atoms with Gasteiger partial charge in [-0.3, -0.25) is 28.8 Å². The molecule has 3 amide bonds. The number of imide groups is 1. The third-order valence-corrected chi connectivity index (χ3v) is 6.09. The van der Waals surface area contributed by atoms with Gasteiger partial charge < -0.3 is 5.32 Å². The summed E-state index contributed by atoms with van der Waals surface area (Å²) in [6.07, 6.45) is 2.46. The topological polar surface area (TPSA) is 93.4 Å². The number of amides is 3. The maximum Gasteiger partial charge on any atom is 0.295 e. The molecule has 2 unspecified atom stereocenters. The molecule has 0 radical (unpaired) electrons. The molecular weight excluding hydrogens is 408 g/mol. The number of nitrogens with zero attached hydrogens (tertiary/aromatic N) is 3. The molecule has 1 aliphatic heterocycles. The van der Waals surface area contributed by atoms with Gasteiger partial charge in [0.05, 0.1) is 23.2 Å². The summed E-state index contributed by atoms with van der Waals surface area (Å²) >= 11 is 6.02. The van der Waals surface area contributed by atoms with Crippen LogP contribution in [0.5, 0.6) is 0 Å². The summed E-state index contributed by atoms with van der Waals surface area (Å²) in [4.78, 5) is 51.8. The number of hydrogen-bond donors (Lipinski definition) is 1. The monoisotopic (exact) mass is 428 g/mol. The van der Waals surface area contributed by atoms with Crippen LogP contribution in [0.3, 0.4) is 0 Å². The number of rotatable bonds is 4. The Bertz CT molecular complexity index is 1130. The molecule has 1 saturated heterocycles. The van der Waals surface area contributed by atoms with Crippen LogP contribution in [0, 0.1) is 18.8 Å². The smallest absolute Gasteiger partial charge is 0.295 e. The van der Waals surface area contributed by atoms with E-state index in [-0.39, 0.29) is 11.6 Å². The first kappa shape index (κ1) is 20.2. The Morgan fingerprint density at radius 1 is 1.13 bits per heavy atom. The fourth-order valence-electron chi connectivity index (χ4n) is 4.09. The zero-order valence-electron chi connectivity index (χ0n) is 16.6. The average molecular weight is 429 g/mol. The van der Waals surface area contributed by atoms with Crippen LogP contribution in [0.25, 0.3) is 5.69 Å². The standard InChI is InChI=1S/C21H21ClN4O4/c1-12-18(21(30)26(24(12)2)14-6-4-3-5-7-14)23-17(27)11-25-19(28)15-9-8-13(22)10-16(15)20(25)29/h3-8,15-16H,9-11H2,1-2H3,(H,23,27). The zero-order valence-corrected chi connectivity index (χ0v) is 17.3. The van der Waals surface area contributed by atoms with Crippen molar-refractivity contribution in [3.63, 3.8) is 0 Å². The van der Waals surface area contributed by atoms with Crippen LogP contribution in [0.2, 0.25) is 0 Å². The number of para-hydroxylation sites is 1. The molecule has 2 aliphatic rings. The summed E-state index contributed by atoms with van der Waals surface area (Å²) in [5.74, 6) is -2.34. The third kappa shape index (κ3) is 3.27. The highest BCUT2D eigenvalue weighted by molar-refractivity contribution is 6.30. The van der Waals surface area contributed by atoms with Gasteiger partial charge in [-0.25, -0.2) is 4.68 Å². The highest BCUT2D eigenvalue weighted by Gasteiger charge is 2.48. The summed E-state index contributed by atoms with van der Waals surface area (Å²) in [5.41, 5.74) is 0.943. The van der Waals surface area contributed by atoms with Gasteiger partial charge >= 0.3 is 0 Å². The number of halogens is 1. The Morgan fingerprint density at radius 3 is 2.50 bits per heavy atom. The lowest BCUT2D eigenvalue weighted by Gasteiger charge is -2.17. The third-order valence-electron chi connectivity index (χ3n) is 5.78. The zero-order chi connectivity index (χ0) is 21.6. The van der Waals surface area contributed by atoms with Gasteiger partial charge in [0, 0.05) is 12.1 Å². The maximum atomic E-state index is 12.9. The van der Waals surface area contributed by atoms with Crippen LogP contribution < -0.4 is 10.9 Å². The number of anilines is 1. The summed E-state index contributed by atoms with van der Waals surface area (Å²) in [7, 11) is 1.72. The number of hydrogen-bond acceptors (Lipinski definition) is 4. The van der Waals surface area contributed by atoms with Gasteiger partial charge in [0.1, 0.15) is 12.2 Å². The lowest BCUT2D eigenvalue weighted by Crippen LogP contribution is -2.39. The molecule has 0 bridgehead atoms. The Balaban J connectivity index is 1.54. The number of allylic oxidation sites excluding steroid dienone is 2. The molecular formula is C21H21ClN4O4. The van der Waals surface area contributed by atoms with E-state index < -0.39 is 35.8 Å². The van der Waals surface area contributed by atoms with Crippen molar-refractivity contribution in [1.29, 1.82) is 0 Å². The molecule has 9 heteroatoms. The van der Waals surface area contributed by atoms with Crippen molar-refractivity contribution in [3.05, 3.63) is 57.5 Å². The van der Waals surface area contributed by atoms with E-state index in [9.17, 15) is 19.2 Å². The quantitative estimate of drug-likeness (QED) is 0.753. The molecule has 2 aromatic rings. The van der Waals surface area contributed by atoms with Crippen LogP contribution >= 0.6 is 11.6 Å². The van der Waals surface area contributed by atoms with E-state index >= 15 is 0 Å². The van der Waals surface area contributed by atoms with Crippen molar-refractivity contribution >= 4 is 35.0 Å². The summed E-state index contributed by atoms with van der Waals surface area (Å²) in [5, 5.41) is 3.15.